The molecule has 0 aromatic heterocycles. The first kappa shape index (κ1) is 30.4. The summed E-state index contributed by atoms with van der Waals surface area (Å²) in [6, 6.07) is 3.20. The average Bonchev–Trinajstić information content (AvgIpc) is 3.69. The van der Waals surface area contributed by atoms with Crippen LogP contribution in [0, 0.1) is 11.3 Å². The molecule has 2 saturated heterocycles. The number of likely N-dealkylation sites (tertiary alicyclic amines) is 1. The number of hydrogen-bond donors (Lipinski definition) is 2. The van der Waals surface area contributed by atoms with Crippen molar-refractivity contribution >= 4 is 11.9 Å². The quantitative estimate of drug-likeness (QED) is 0.348. The number of amides is 1. The molecule has 0 saturated carbocycles. The van der Waals surface area contributed by atoms with Crippen LogP contribution in [0.25, 0.3) is 0 Å². The minimum Gasteiger partial charge on any atom is -0.493 e. The van der Waals surface area contributed by atoms with Crippen LogP contribution in [0.1, 0.15) is 57.9 Å². The summed E-state index contributed by atoms with van der Waals surface area (Å²) in [6.07, 6.45) is 2.32. The lowest BCUT2D eigenvalue weighted by molar-refractivity contribution is -0.148. The van der Waals surface area contributed by atoms with E-state index in [1.54, 1.807) is 12.0 Å². The van der Waals surface area contributed by atoms with Crippen molar-refractivity contribution in [2.24, 2.45) is 11.3 Å². The van der Waals surface area contributed by atoms with Crippen molar-refractivity contribution in [2.45, 2.75) is 64.7 Å². The van der Waals surface area contributed by atoms with Crippen molar-refractivity contribution in [3.63, 3.8) is 0 Å². The fourth-order valence-electron chi connectivity index (χ4n) is 6.14. The first-order valence-electron chi connectivity index (χ1n) is 14.3. The molecule has 0 aliphatic carbocycles. The normalized spacial score (nSPS) is 23.1. The lowest BCUT2D eigenvalue weighted by Crippen LogP contribution is -2.47. The van der Waals surface area contributed by atoms with Gasteiger partial charge in [0.05, 0.1) is 32.8 Å². The summed E-state index contributed by atoms with van der Waals surface area (Å²) in [5, 5.41) is 20.0. The number of aliphatic hydroxyl groups is 1. The van der Waals surface area contributed by atoms with Gasteiger partial charge in [-0.2, -0.15) is 0 Å². The highest BCUT2D eigenvalue weighted by molar-refractivity contribution is 5.79. The molecule has 3 atom stereocenters. The Morgan fingerprint density at radius 1 is 1.15 bits per heavy atom. The van der Waals surface area contributed by atoms with E-state index in [9.17, 15) is 19.8 Å². The van der Waals surface area contributed by atoms with Crippen molar-refractivity contribution < 1.29 is 43.5 Å². The second kappa shape index (κ2) is 13.4. The van der Waals surface area contributed by atoms with Gasteiger partial charge in [-0.25, -0.2) is 0 Å². The van der Waals surface area contributed by atoms with E-state index in [1.807, 2.05) is 30.9 Å². The third-order valence-electron chi connectivity index (χ3n) is 8.20. The molecule has 1 amide bonds. The van der Waals surface area contributed by atoms with Crippen LogP contribution in [0.4, 0.5) is 0 Å². The Morgan fingerprint density at radius 3 is 2.52 bits per heavy atom. The van der Waals surface area contributed by atoms with E-state index < -0.39 is 35.6 Å². The van der Waals surface area contributed by atoms with Crippen LogP contribution in [0.5, 0.6) is 17.2 Å². The van der Waals surface area contributed by atoms with Gasteiger partial charge in [0.15, 0.2) is 17.8 Å². The topological polar surface area (TPSA) is 127 Å². The molecule has 1 aromatic rings. The highest BCUT2D eigenvalue weighted by atomic mass is 16.7. The van der Waals surface area contributed by atoms with Crippen LogP contribution in [-0.4, -0.2) is 104 Å². The zero-order valence-corrected chi connectivity index (χ0v) is 24.1. The van der Waals surface area contributed by atoms with Crippen LogP contribution in [-0.2, 0) is 19.1 Å². The summed E-state index contributed by atoms with van der Waals surface area (Å²) in [7, 11) is 1.54. The van der Waals surface area contributed by atoms with Gasteiger partial charge < -0.3 is 38.8 Å². The number of fused-ring (bicyclic) bond motifs is 1. The molecule has 0 radical (unpaired) electrons. The molecule has 224 valence electrons. The molecule has 11 nitrogen and oxygen atoms in total. The molecule has 3 aliphatic heterocycles. The number of nitrogens with zero attached hydrogens (tertiary/aromatic N) is 2. The molecule has 3 heterocycles. The van der Waals surface area contributed by atoms with Crippen molar-refractivity contribution in [3.8, 4) is 17.2 Å². The van der Waals surface area contributed by atoms with E-state index in [4.69, 9.17) is 23.7 Å². The number of rotatable bonds is 14. The van der Waals surface area contributed by atoms with Crippen molar-refractivity contribution in [1.82, 2.24) is 9.80 Å². The van der Waals surface area contributed by atoms with Gasteiger partial charge in [0.1, 0.15) is 0 Å². The van der Waals surface area contributed by atoms with Crippen molar-refractivity contribution in [1.29, 1.82) is 0 Å². The predicted molar refractivity (Wildman–Crippen MR) is 146 cm³/mol. The number of methoxy groups -OCH3 is 1. The third-order valence-corrected chi connectivity index (χ3v) is 8.20. The van der Waals surface area contributed by atoms with Gasteiger partial charge in [0.25, 0.3) is 0 Å². The smallest absolute Gasteiger partial charge is 0.308 e. The molecular weight excluding hydrogens is 520 g/mol. The molecule has 1 aromatic carbocycles. The van der Waals surface area contributed by atoms with Crippen LogP contribution in [0.3, 0.4) is 0 Å². The number of aliphatic hydroxyl groups excluding tert-OH is 1. The number of ether oxygens (including phenoxy) is 5. The predicted octanol–water partition coefficient (Wildman–Crippen LogP) is 2.69. The van der Waals surface area contributed by atoms with Crippen molar-refractivity contribution in [3.05, 3.63) is 17.7 Å². The summed E-state index contributed by atoms with van der Waals surface area (Å²) < 4.78 is 28.4. The SMILES string of the molecule is CCCCN(CCCO)C(=O)CN1C[C@H](c2cc(OC)c3c(c2)OCO3)C(C(=O)O)[C@@H]1CC(C)(C)C1OCCO1. The van der Waals surface area contributed by atoms with Gasteiger partial charge in [0.2, 0.25) is 18.4 Å². The Balaban J connectivity index is 1.67. The van der Waals surface area contributed by atoms with Crippen LogP contribution in [0.15, 0.2) is 12.1 Å². The maximum absolute atomic E-state index is 13.6. The van der Waals surface area contributed by atoms with Gasteiger partial charge in [-0.1, -0.05) is 27.2 Å². The molecule has 2 N–H and O–H groups in total. The van der Waals surface area contributed by atoms with Gasteiger partial charge in [-0.15, -0.1) is 0 Å². The maximum Gasteiger partial charge on any atom is 0.308 e. The molecule has 3 aliphatic rings. The average molecular weight is 565 g/mol. The lowest BCUT2D eigenvalue weighted by Gasteiger charge is -2.37. The number of carbonyl (C=O) groups excluding carboxylic acids is 1. The van der Waals surface area contributed by atoms with Crippen LogP contribution >= 0.6 is 0 Å². The van der Waals surface area contributed by atoms with E-state index in [2.05, 4.69) is 6.92 Å². The Kier molecular flexibility index (Phi) is 10.2. The second-order valence-electron chi connectivity index (χ2n) is 11.5. The monoisotopic (exact) mass is 564 g/mol. The lowest BCUT2D eigenvalue weighted by atomic mass is 9.77. The summed E-state index contributed by atoms with van der Waals surface area (Å²) in [6.45, 7) is 8.73. The van der Waals surface area contributed by atoms with Gasteiger partial charge >= 0.3 is 5.97 Å². The minimum atomic E-state index is -0.922. The molecule has 11 heteroatoms. The molecule has 1 unspecified atom stereocenters. The first-order chi connectivity index (χ1) is 19.2. The largest absolute Gasteiger partial charge is 0.493 e. The molecule has 2 fully saturated rings. The second-order valence-corrected chi connectivity index (χ2v) is 11.5. The first-order valence-corrected chi connectivity index (χ1v) is 14.3. The van der Waals surface area contributed by atoms with Gasteiger partial charge in [-0.05, 0) is 37.0 Å². The van der Waals surface area contributed by atoms with E-state index in [1.165, 1.54) is 0 Å². The molecule has 0 bridgehead atoms. The van der Waals surface area contributed by atoms with E-state index >= 15 is 0 Å². The zero-order valence-electron chi connectivity index (χ0n) is 24.1. The fraction of sp³-hybridized carbons (Fsp3) is 0.724. The summed E-state index contributed by atoms with van der Waals surface area (Å²) in [5.41, 5.74) is 0.277. The maximum atomic E-state index is 13.6. The highest BCUT2D eigenvalue weighted by Crippen LogP contribution is 2.48. The number of aliphatic carboxylic acids is 1. The Hall–Kier alpha value is -2.60. The number of carboxylic acid groups (broad SMARTS) is 1. The fourth-order valence-corrected chi connectivity index (χ4v) is 6.14. The Labute approximate surface area is 236 Å². The highest BCUT2D eigenvalue weighted by Gasteiger charge is 2.51. The Morgan fingerprint density at radius 2 is 1.88 bits per heavy atom. The van der Waals surface area contributed by atoms with Crippen LogP contribution < -0.4 is 14.2 Å². The standard InChI is InChI=1S/C29H44N2O9/c1-5-6-8-30(9-7-10-32)24(33)17-31-16-20(19-13-22(36-4)26-23(14-19)39-18-40-26)25(27(34)35)21(31)15-29(2,3)28-37-11-12-38-28/h13-14,20-21,25,28,32H,5-12,15-18H2,1-4H3,(H,34,35)/t20-,21+,25?/m1/s1. The van der Waals surface area contributed by atoms with E-state index in [0.29, 0.717) is 62.9 Å². The number of carbonyl (C=O) groups is 2. The molecule has 40 heavy (non-hydrogen) atoms. The zero-order chi connectivity index (χ0) is 28.9. The number of benzene rings is 1. The molecule has 0 spiro atoms. The van der Waals surface area contributed by atoms with Crippen LogP contribution in [0.2, 0.25) is 0 Å². The number of carboxylic acids is 1. The number of unbranched alkanes of at least 4 members (excludes halogenated alkanes) is 1. The minimum absolute atomic E-state index is 0.00688. The molecular formula is C29H44N2O9. The third kappa shape index (κ3) is 6.64. The summed E-state index contributed by atoms with van der Waals surface area (Å²) >= 11 is 0. The molecule has 4 rings (SSSR count). The van der Waals surface area contributed by atoms with Gasteiger partial charge in [-0.3, -0.25) is 14.5 Å². The van der Waals surface area contributed by atoms with E-state index in [-0.39, 0.29) is 25.9 Å². The Bertz CT molecular complexity index is 1020. The van der Waals surface area contributed by atoms with Gasteiger partial charge in [0, 0.05) is 43.6 Å². The van der Waals surface area contributed by atoms with E-state index in [0.717, 1.165) is 18.4 Å². The van der Waals surface area contributed by atoms with Crippen molar-refractivity contribution in [2.75, 3.05) is 59.9 Å². The summed E-state index contributed by atoms with van der Waals surface area (Å²) in [5.74, 6) is -0.677. The summed E-state index contributed by atoms with van der Waals surface area (Å²) in [4.78, 5) is 30.3. The number of hydrogen-bond acceptors (Lipinski definition) is 9.